The summed E-state index contributed by atoms with van der Waals surface area (Å²) >= 11 is 0. The van der Waals surface area contributed by atoms with Gasteiger partial charge in [0, 0.05) is 25.3 Å². The second kappa shape index (κ2) is 7.33. The van der Waals surface area contributed by atoms with Gasteiger partial charge in [-0.05, 0) is 44.0 Å². The normalized spacial score (nSPS) is 10.9. The fourth-order valence-corrected chi connectivity index (χ4v) is 1.92. The van der Waals surface area contributed by atoms with Crippen LogP contribution in [-0.4, -0.2) is 19.6 Å². The summed E-state index contributed by atoms with van der Waals surface area (Å²) in [5.41, 5.74) is 2.68. The average Bonchev–Trinajstić information content (AvgIpc) is 2.32. The third-order valence-electron chi connectivity index (χ3n) is 2.95. The number of hydrogen-bond donors (Lipinski definition) is 1. The molecule has 0 saturated carbocycles. The number of nitrogens with zero attached hydrogens (tertiary/aromatic N) is 1. The van der Waals surface area contributed by atoms with Gasteiger partial charge in [-0.1, -0.05) is 26.0 Å². The van der Waals surface area contributed by atoms with E-state index in [0.717, 1.165) is 26.2 Å². The molecule has 0 aliphatic rings. The van der Waals surface area contributed by atoms with E-state index >= 15 is 0 Å². The summed E-state index contributed by atoms with van der Waals surface area (Å²) < 4.78 is 0. The molecule has 1 rings (SSSR count). The van der Waals surface area contributed by atoms with Crippen LogP contribution in [0, 0.1) is 5.92 Å². The zero-order valence-electron chi connectivity index (χ0n) is 11.7. The highest BCUT2D eigenvalue weighted by Crippen LogP contribution is 2.14. The smallest absolute Gasteiger partial charge is 0.0366 e. The first-order valence-electron chi connectivity index (χ1n) is 6.72. The standard InChI is InChI=1S/C15H26N2/c1-5-17(6-2)15-9-7-14(8-10-15)12-16-11-13(3)4/h7-10,13,16H,5-6,11-12H2,1-4H3. The average molecular weight is 234 g/mol. The van der Waals surface area contributed by atoms with Gasteiger partial charge in [-0.2, -0.15) is 0 Å². The van der Waals surface area contributed by atoms with Crippen molar-refractivity contribution in [2.24, 2.45) is 5.92 Å². The predicted molar refractivity (Wildman–Crippen MR) is 76.5 cm³/mol. The van der Waals surface area contributed by atoms with E-state index in [1.807, 2.05) is 0 Å². The highest BCUT2D eigenvalue weighted by Gasteiger charge is 2.01. The highest BCUT2D eigenvalue weighted by molar-refractivity contribution is 5.47. The van der Waals surface area contributed by atoms with Crippen LogP contribution in [-0.2, 0) is 6.54 Å². The van der Waals surface area contributed by atoms with Crippen LogP contribution in [0.4, 0.5) is 5.69 Å². The summed E-state index contributed by atoms with van der Waals surface area (Å²) in [6.07, 6.45) is 0. The molecule has 0 aliphatic carbocycles. The molecule has 1 aromatic rings. The van der Waals surface area contributed by atoms with E-state index < -0.39 is 0 Å². The molecular formula is C15H26N2. The molecule has 0 aromatic heterocycles. The summed E-state index contributed by atoms with van der Waals surface area (Å²) in [6, 6.07) is 8.89. The van der Waals surface area contributed by atoms with Gasteiger partial charge in [-0.25, -0.2) is 0 Å². The van der Waals surface area contributed by atoms with Crippen molar-refractivity contribution >= 4 is 5.69 Å². The van der Waals surface area contributed by atoms with Crippen LogP contribution in [0.2, 0.25) is 0 Å². The largest absolute Gasteiger partial charge is 0.372 e. The molecule has 0 fully saturated rings. The summed E-state index contributed by atoms with van der Waals surface area (Å²) in [7, 11) is 0. The third kappa shape index (κ3) is 4.78. The lowest BCUT2D eigenvalue weighted by molar-refractivity contribution is 0.552. The molecule has 1 aromatic carbocycles. The molecule has 0 spiro atoms. The molecule has 0 aliphatic heterocycles. The summed E-state index contributed by atoms with van der Waals surface area (Å²) in [4.78, 5) is 2.37. The fraction of sp³-hybridized carbons (Fsp3) is 0.600. The van der Waals surface area contributed by atoms with E-state index in [1.165, 1.54) is 11.3 Å². The van der Waals surface area contributed by atoms with Gasteiger partial charge in [0.05, 0.1) is 0 Å². The van der Waals surface area contributed by atoms with Crippen molar-refractivity contribution in [1.82, 2.24) is 5.32 Å². The molecule has 96 valence electrons. The second-order valence-electron chi connectivity index (χ2n) is 4.86. The molecule has 2 nitrogen and oxygen atoms in total. The Morgan fingerprint density at radius 2 is 1.65 bits per heavy atom. The van der Waals surface area contributed by atoms with E-state index in [2.05, 4.69) is 62.2 Å². The maximum atomic E-state index is 3.46. The summed E-state index contributed by atoms with van der Waals surface area (Å²) in [5.74, 6) is 0.713. The Morgan fingerprint density at radius 3 is 2.12 bits per heavy atom. The molecule has 17 heavy (non-hydrogen) atoms. The quantitative estimate of drug-likeness (QED) is 0.779. The minimum absolute atomic E-state index is 0.713. The predicted octanol–water partition coefficient (Wildman–Crippen LogP) is 3.28. The topological polar surface area (TPSA) is 15.3 Å². The van der Waals surface area contributed by atoms with E-state index in [4.69, 9.17) is 0 Å². The van der Waals surface area contributed by atoms with Crippen molar-refractivity contribution in [3.63, 3.8) is 0 Å². The Balaban J connectivity index is 2.49. The van der Waals surface area contributed by atoms with Gasteiger partial charge in [0.1, 0.15) is 0 Å². The molecule has 0 radical (unpaired) electrons. The Labute approximate surface area is 106 Å². The summed E-state index contributed by atoms with van der Waals surface area (Å²) in [6.45, 7) is 13.0. The highest BCUT2D eigenvalue weighted by atomic mass is 15.1. The zero-order valence-corrected chi connectivity index (χ0v) is 11.7. The first kappa shape index (κ1) is 14.0. The third-order valence-corrected chi connectivity index (χ3v) is 2.95. The van der Waals surface area contributed by atoms with E-state index in [9.17, 15) is 0 Å². The Morgan fingerprint density at radius 1 is 1.06 bits per heavy atom. The lowest BCUT2D eigenvalue weighted by atomic mass is 10.1. The lowest BCUT2D eigenvalue weighted by Crippen LogP contribution is -2.22. The zero-order chi connectivity index (χ0) is 12.7. The van der Waals surface area contributed by atoms with Gasteiger partial charge in [0.25, 0.3) is 0 Å². The van der Waals surface area contributed by atoms with Crippen LogP contribution in [0.25, 0.3) is 0 Å². The van der Waals surface area contributed by atoms with Gasteiger partial charge < -0.3 is 10.2 Å². The second-order valence-corrected chi connectivity index (χ2v) is 4.86. The Kier molecular flexibility index (Phi) is 6.06. The minimum Gasteiger partial charge on any atom is -0.372 e. The minimum atomic E-state index is 0.713. The van der Waals surface area contributed by atoms with Gasteiger partial charge >= 0.3 is 0 Å². The van der Waals surface area contributed by atoms with Gasteiger partial charge in [-0.3, -0.25) is 0 Å². The number of benzene rings is 1. The molecule has 0 saturated heterocycles. The first-order valence-corrected chi connectivity index (χ1v) is 6.72. The molecule has 2 heteroatoms. The number of anilines is 1. The van der Waals surface area contributed by atoms with Crippen molar-refractivity contribution in [3.8, 4) is 0 Å². The van der Waals surface area contributed by atoms with Crippen LogP contribution in [0.1, 0.15) is 33.3 Å². The molecule has 1 N–H and O–H groups in total. The maximum Gasteiger partial charge on any atom is 0.0366 e. The molecular weight excluding hydrogens is 208 g/mol. The number of hydrogen-bond acceptors (Lipinski definition) is 2. The van der Waals surface area contributed by atoms with Crippen molar-refractivity contribution in [3.05, 3.63) is 29.8 Å². The van der Waals surface area contributed by atoms with Crippen molar-refractivity contribution < 1.29 is 0 Å². The Bertz CT molecular complexity index is 299. The molecule has 0 atom stereocenters. The van der Waals surface area contributed by atoms with E-state index in [1.54, 1.807) is 0 Å². The maximum absolute atomic E-state index is 3.46. The van der Waals surface area contributed by atoms with Gasteiger partial charge in [0.15, 0.2) is 0 Å². The van der Waals surface area contributed by atoms with Crippen molar-refractivity contribution in [2.75, 3.05) is 24.5 Å². The van der Waals surface area contributed by atoms with Crippen molar-refractivity contribution in [2.45, 2.75) is 34.2 Å². The number of nitrogens with one attached hydrogen (secondary N) is 1. The molecule has 0 amide bonds. The SMILES string of the molecule is CCN(CC)c1ccc(CNCC(C)C)cc1. The Hall–Kier alpha value is -1.02. The summed E-state index contributed by atoms with van der Waals surface area (Å²) in [5, 5.41) is 3.46. The first-order chi connectivity index (χ1) is 8.17. The van der Waals surface area contributed by atoms with Gasteiger partial charge in [0.2, 0.25) is 0 Å². The molecule has 0 bridgehead atoms. The van der Waals surface area contributed by atoms with Crippen LogP contribution < -0.4 is 10.2 Å². The monoisotopic (exact) mass is 234 g/mol. The fourth-order valence-electron chi connectivity index (χ4n) is 1.92. The molecule has 0 heterocycles. The van der Waals surface area contributed by atoms with Crippen LogP contribution in [0.15, 0.2) is 24.3 Å². The van der Waals surface area contributed by atoms with Crippen molar-refractivity contribution in [1.29, 1.82) is 0 Å². The lowest BCUT2D eigenvalue weighted by Gasteiger charge is -2.21. The van der Waals surface area contributed by atoms with Crippen LogP contribution in [0.3, 0.4) is 0 Å². The van der Waals surface area contributed by atoms with E-state index in [0.29, 0.717) is 5.92 Å². The number of rotatable bonds is 7. The van der Waals surface area contributed by atoms with Gasteiger partial charge in [-0.15, -0.1) is 0 Å². The van der Waals surface area contributed by atoms with Crippen LogP contribution in [0.5, 0.6) is 0 Å². The van der Waals surface area contributed by atoms with Crippen LogP contribution >= 0.6 is 0 Å². The van der Waals surface area contributed by atoms with E-state index in [-0.39, 0.29) is 0 Å². The molecule has 0 unspecified atom stereocenters.